The van der Waals surface area contributed by atoms with Gasteiger partial charge in [-0.3, -0.25) is 0 Å². The maximum Gasteiger partial charge on any atom is 0.236 e. The van der Waals surface area contributed by atoms with Gasteiger partial charge in [-0.1, -0.05) is 17.7 Å². The molecule has 108 valence electrons. The van der Waals surface area contributed by atoms with Gasteiger partial charge in [0.25, 0.3) is 0 Å². The number of hydrogen-bond acceptors (Lipinski definition) is 5. The SMILES string of the molecule is COc1c(CS(=O)(=O)Cl)cc(C)cc1CS(=O)(=O)Cl. The molecule has 0 aromatic heterocycles. The van der Waals surface area contributed by atoms with Crippen LogP contribution in [0.4, 0.5) is 0 Å². The van der Waals surface area contributed by atoms with Crippen LogP contribution in [0.25, 0.3) is 0 Å². The molecule has 1 aromatic carbocycles. The number of hydrogen-bond donors (Lipinski definition) is 0. The summed E-state index contributed by atoms with van der Waals surface area (Å²) in [4.78, 5) is 0. The van der Waals surface area contributed by atoms with E-state index < -0.39 is 29.6 Å². The zero-order chi connectivity index (χ0) is 14.8. The first-order chi connectivity index (χ1) is 8.52. The molecule has 0 aliphatic rings. The molecule has 0 N–H and O–H groups in total. The number of aryl methyl sites for hydroxylation is 1. The van der Waals surface area contributed by atoms with Crippen LogP contribution in [0.2, 0.25) is 0 Å². The third-order valence-corrected chi connectivity index (χ3v) is 4.21. The third kappa shape index (κ3) is 5.56. The second kappa shape index (κ2) is 5.87. The van der Waals surface area contributed by atoms with Gasteiger partial charge in [-0.05, 0) is 6.92 Å². The van der Waals surface area contributed by atoms with E-state index in [1.165, 1.54) is 7.11 Å². The van der Waals surface area contributed by atoms with Crippen LogP contribution in [-0.2, 0) is 29.6 Å². The Morgan fingerprint density at radius 3 is 1.63 bits per heavy atom. The van der Waals surface area contributed by atoms with Crippen molar-refractivity contribution >= 4 is 39.5 Å². The molecule has 0 fully saturated rings. The molecule has 0 amide bonds. The van der Waals surface area contributed by atoms with E-state index in [2.05, 4.69) is 0 Å². The van der Waals surface area contributed by atoms with Crippen LogP contribution in [0.5, 0.6) is 5.75 Å². The van der Waals surface area contributed by atoms with Crippen molar-refractivity contribution in [1.29, 1.82) is 0 Å². The highest BCUT2D eigenvalue weighted by Crippen LogP contribution is 2.30. The lowest BCUT2D eigenvalue weighted by molar-refractivity contribution is 0.407. The quantitative estimate of drug-likeness (QED) is 0.763. The molecule has 0 aliphatic heterocycles. The predicted molar refractivity (Wildman–Crippen MR) is 74.7 cm³/mol. The van der Waals surface area contributed by atoms with E-state index in [9.17, 15) is 16.8 Å². The molecule has 0 spiro atoms. The average Bonchev–Trinajstić information content (AvgIpc) is 2.11. The summed E-state index contributed by atoms with van der Waals surface area (Å²) >= 11 is 0. The topological polar surface area (TPSA) is 77.5 Å². The number of benzene rings is 1. The van der Waals surface area contributed by atoms with E-state index in [0.29, 0.717) is 16.7 Å². The van der Waals surface area contributed by atoms with Crippen LogP contribution in [0.15, 0.2) is 12.1 Å². The fourth-order valence-electron chi connectivity index (χ4n) is 1.78. The third-order valence-electron chi connectivity index (χ3n) is 2.25. The monoisotopic (exact) mass is 346 g/mol. The molecule has 1 aromatic rings. The summed E-state index contributed by atoms with van der Waals surface area (Å²) < 4.78 is 49.6. The highest BCUT2D eigenvalue weighted by atomic mass is 35.7. The van der Waals surface area contributed by atoms with Crippen molar-refractivity contribution in [2.45, 2.75) is 18.4 Å². The van der Waals surface area contributed by atoms with Crippen molar-refractivity contribution in [1.82, 2.24) is 0 Å². The van der Waals surface area contributed by atoms with Gasteiger partial charge >= 0.3 is 0 Å². The lowest BCUT2D eigenvalue weighted by Gasteiger charge is -2.13. The summed E-state index contributed by atoms with van der Waals surface area (Å²) in [7, 11) is 4.18. The standard InChI is InChI=1S/C10H12Cl2O5S2/c1-7-3-8(5-18(11,13)14)10(17-2)9(4-7)6-19(12,15)16/h3-4H,5-6H2,1-2H3. The minimum Gasteiger partial charge on any atom is -0.496 e. The molecule has 19 heavy (non-hydrogen) atoms. The van der Waals surface area contributed by atoms with E-state index in [1.807, 2.05) is 0 Å². The Morgan fingerprint density at radius 1 is 1.00 bits per heavy atom. The Balaban J connectivity index is 3.40. The average molecular weight is 347 g/mol. The highest BCUT2D eigenvalue weighted by Gasteiger charge is 2.19. The Morgan fingerprint density at radius 2 is 1.37 bits per heavy atom. The van der Waals surface area contributed by atoms with Gasteiger partial charge in [-0.2, -0.15) is 0 Å². The summed E-state index contributed by atoms with van der Waals surface area (Å²) in [6.07, 6.45) is 0. The van der Waals surface area contributed by atoms with E-state index in [0.717, 1.165) is 0 Å². The molecule has 0 saturated heterocycles. The summed E-state index contributed by atoms with van der Waals surface area (Å²) in [5.74, 6) is -0.734. The van der Waals surface area contributed by atoms with Gasteiger partial charge in [-0.25, -0.2) is 16.8 Å². The van der Waals surface area contributed by atoms with Gasteiger partial charge in [0.1, 0.15) is 5.75 Å². The number of halogens is 2. The molecule has 0 radical (unpaired) electrons. The molecule has 0 saturated carbocycles. The Kier molecular flexibility index (Phi) is 5.11. The normalized spacial score (nSPS) is 12.4. The van der Waals surface area contributed by atoms with Crippen molar-refractivity contribution < 1.29 is 21.6 Å². The van der Waals surface area contributed by atoms with Crippen LogP contribution in [-0.4, -0.2) is 23.9 Å². The Bertz CT molecular complexity index is 625. The van der Waals surface area contributed by atoms with Crippen LogP contribution < -0.4 is 4.74 Å². The summed E-state index contributed by atoms with van der Waals surface area (Å²) in [6, 6.07) is 3.15. The number of rotatable bonds is 5. The first-order valence-corrected chi connectivity index (χ1v) is 9.98. The molecule has 9 heteroatoms. The smallest absolute Gasteiger partial charge is 0.236 e. The Labute approximate surface area is 121 Å². The summed E-state index contributed by atoms with van der Waals surface area (Å²) in [5, 5.41) is 0. The Hall–Kier alpha value is -0.500. The minimum absolute atomic E-state index is 0.166. The van der Waals surface area contributed by atoms with E-state index in [1.54, 1.807) is 19.1 Å². The predicted octanol–water partition coefficient (Wildman–Crippen LogP) is 2.14. The van der Waals surface area contributed by atoms with E-state index in [-0.39, 0.29) is 5.75 Å². The molecular weight excluding hydrogens is 335 g/mol. The van der Waals surface area contributed by atoms with Gasteiger partial charge in [0, 0.05) is 32.5 Å². The minimum atomic E-state index is -3.78. The molecule has 0 heterocycles. The van der Waals surface area contributed by atoms with Crippen molar-refractivity contribution in [3.63, 3.8) is 0 Å². The molecule has 5 nitrogen and oxygen atoms in total. The van der Waals surface area contributed by atoms with Gasteiger partial charge < -0.3 is 4.74 Å². The maximum absolute atomic E-state index is 11.1. The molecule has 0 bridgehead atoms. The second-order valence-electron chi connectivity index (χ2n) is 3.98. The van der Waals surface area contributed by atoms with Crippen molar-refractivity contribution in [3.8, 4) is 5.75 Å². The highest BCUT2D eigenvalue weighted by molar-refractivity contribution is 8.13. The maximum atomic E-state index is 11.1. The van der Waals surface area contributed by atoms with Gasteiger partial charge in [0.2, 0.25) is 18.1 Å². The lowest BCUT2D eigenvalue weighted by Crippen LogP contribution is -2.05. The first kappa shape index (κ1) is 16.6. The molecule has 1 rings (SSSR count). The second-order valence-corrected chi connectivity index (χ2v) is 9.54. The van der Waals surface area contributed by atoms with Crippen molar-refractivity contribution in [2.75, 3.05) is 7.11 Å². The fraction of sp³-hybridized carbons (Fsp3) is 0.400. The molecule has 0 aliphatic carbocycles. The van der Waals surface area contributed by atoms with Gasteiger partial charge in [0.05, 0.1) is 18.6 Å². The largest absolute Gasteiger partial charge is 0.496 e. The zero-order valence-electron chi connectivity index (χ0n) is 10.2. The number of methoxy groups -OCH3 is 1. The molecule has 0 atom stereocenters. The van der Waals surface area contributed by atoms with Crippen LogP contribution in [0.1, 0.15) is 16.7 Å². The van der Waals surface area contributed by atoms with Gasteiger partial charge in [-0.15, -0.1) is 0 Å². The fourth-order valence-corrected chi connectivity index (χ4v) is 3.65. The van der Waals surface area contributed by atoms with Crippen LogP contribution in [0.3, 0.4) is 0 Å². The van der Waals surface area contributed by atoms with Crippen molar-refractivity contribution in [2.24, 2.45) is 0 Å². The summed E-state index contributed by atoms with van der Waals surface area (Å²) in [6.45, 7) is 1.70. The number of ether oxygens (including phenoxy) is 1. The van der Waals surface area contributed by atoms with Gasteiger partial charge in [0.15, 0.2) is 0 Å². The summed E-state index contributed by atoms with van der Waals surface area (Å²) in [5.41, 5.74) is 1.28. The van der Waals surface area contributed by atoms with Crippen molar-refractivity contribution in [3.05, 3.63) is 28.8 Å². The van der Waals surface area contributed by atoms with E-state index >= 15 is 0 Å². The van der Waals surface area contributed by atoms with Crippen LogP contribution in [0, 0.1) is 6.92 Å². The molecular formula is C10H12Cl2O5S2. The zero-order valence-corrected chi connectivity index (χ0v) is 13.3. The van der Waals surface area contributed by atoms with E-state index in [4.69, 9.17) is 26.1 Å². The first-order valence-electron chi connectivity index (χ1n) is 5.03. The lowest BCUT2D eigenvalue weighted by atomic mass is 10.1. The van der Waals surface area contributed by atoms with Crippen LogP contribution >= 0.6 is 21.4 Å². The molecule has 0 unspecified atom stereocenters.